The molecule has 0 radical (unpaired) electrons. The third kappa shape index (κ3) is 3.71. The number of rotatable bonds is 6. The monoisotopic (exact) mass is 328 g/mol. The van der Waals surface area contributed by atoms with E-state index in [1.54, 1.807) is 6.07 Å². The number of sulfonamides is 1. The summed E-state index contributed by atoms with van der Waals surface area (Å²) >= 11 is 0. The molecule has 1 aliphatic carbocycles. The van der Waals surface area contributed by atoms with Gasteiger partial charge in [-0.05, 0) is 37.4 Å². The maximum absolute atomic E-state index is 12.6. The lowest BCUT2D eigenvalue weighted by atomic mass is 9.85. The van der Waals surface area contributed by atoms with Crippen molar-refractivity contribution in [1.29, 1.82) is 0 Å². The highest BCUT2D eigenvalue weighted by Crippen LogP contribution is 2.30. The zero-order valence-corrected chi connectivity index (χ0v) is 13.9. The average Bonchev–Trinajstić information content (AvgIpc) is 2.54. The molecule has 7 heteroatoms. The van der Waals surface area contributed by atoms with Gasteiger partial charge in [-0.3, -0.25) is 0 Å². The van der Waals surface area contributed by atoms with Crippen molar-refractivity contribution in [3.63, 3.8) is 0 Å². The normalized spacial score (nSPS) is 22.3. The van der Waals surface area contributed by atoms with Crippen LogP contribution in [0.2, 0.25) is 0 Å². The summed E-state index contributed by atoms with van der Waals surface area (Å²) in [6.07, 6.45) is 3.93. The predicted molar refractivity (Wildman–Crippen MR) is 84.7 cm³/mol. The van der Waals surface area contributed by atoms with Crippen LogP contribution in [-0.4, -0.2) is 35.2 Å². The summed E-state index contributed by atoms with van der Waals surface area (Å²) in [5.74, 6) is 1.09. The highest BCUT2D eigenvalue weighted by molar-refractivity contribution is 7.89. The van der Waals surface area contributed by atoms with Gasteiger partial charge in [-0.15, -0.1) is 0 Å². The first-order valence-corrected chi connectivity index (χ1v) is 8.94. The van der Waals surface area contributed by atoms with Crippen LogP contribution < -0.4 is 19.9 Å². The summed E-state index contributed by atoms with van der Waals surface area (Å²) in [4.78, 5) is 0.173. The molecule has 0 amide bonds. The Hall–Kier alpha value is -1.31. The van der Waals surface area contributed by atoms with Crippen molar-refractivity contribution in [1.82, 2.24) is 4.72 Å². The van der Waals surface area contributed by atoms with Gasteiger partial charge < -0.3 is 15.2 Å². The van der Waals surface area contributed by atoms with Gasteiger partial charge in [0.25, 0.3) is 0 Å². The van der Waals surface area contributed by atoms with Crippen LogP contribution >= 0.6 is 0 Å². The van der Waals surface area contributed by atoms with Crippen LogP contribution in [0.1, 0.15) is 25.7 Å². The van der Waals surface area contributed by atoms with Crippen molar-refractivity contribution in [2.45, 2.75) is 36.6 Å². The smallest absolute Gasteiger partial charge is 0.240 e. The van der Waals surface area contributed by atoms with E-state index in [-0.39, 0.29) is 16.9 Å². The quantitative estimate of drug-likeness (QED) is 0.826. The molecule has 0 heterocycles. The van der Waals surface area contributed by atoms with E-state index in [0.717, 1.165) is 25.7 Å². The van der Waals surface area contributed by atoms with E-state index in [1.807, 2.05) is 0 Å². The van der Waals surface area contributed by atoms with Crippen LogP contribution in [0.25, 0.3) is 0 Å². The van der Waals surface area contributed by atoms with Crippen molar-refractivity contribution in [3.8, 4) is 11.5 Å². The first kappa shape index (κ1) is 17.1. The molecule has 22 heavy (non-hydrogen) atoms. The van der Waals surface area contributed by atoms with Crippen LogP contribution in [0, 0.1) is 5.92 Å². The minimum Gasteiger partial charge on any atom is -0.493 e. The molecule has 124 valence electrons. The number of hydrogen-bond acceptors (Lipinski definition) is 5. The molecule has 2 rings (SSSR count). The second-order valence-electron chi connectivity index (χ2n) is 5.52. The number of nitrogens with two attached hydrogens (primary N) is 1. The average molecular weight is 328 g/mol. The largest absolute Gasteiger partial charge is 0.493 e. The standard InChI is InChI=1S/C15H24N2O4S/c1-20-14-8-7-12(9-15(14)21-2)22(18,19)17-13-6-4-3-5-11(13)10-16/h7-9,11,13,17H,3-6,10,16H2,1-2H3. The molecule has 1 saturated carbocycles. The predicted octanol–water partition coefficient (Wildman–Crippen LogP) is 1.50. The van der Waals surface area contributed by atoms with Gasteiger partial charge in [0.1, 0.15) is 0 Å². The summed E-state index contributed by atoms with van der Waals surface area (Å²) in [5.41, 5.74) is 5.76. The van der Waals surface area contributed by atoms with Crippen molar-refractivity contribution in [3.05, 3.63) is 18.2 Å². The molecule has 0 saturated heterocycles. The topological polar surface area (TPSA) is 90.7 Å². The minimum atomic E-state index is -3.60. The van der Waals surface area contributed by atoms with E-state index in [4.69, 9.17) is 15.2 Å². The Kier molecular flexibility index (Phi) is 5.66. The lowest BCUT2D eigenvalue weighted by Crippen LogP contribution is -2.44. The van der Waals surface area contributed by atoms with Crippen LogP contribution in [-0.2, 0) is 10.0 Å². The minimum absolute atomic E-state index is 0.100. The fourth-order valence-electron chi connectivity index (χ4n) is 2.90. The first-order valence-electron chi connectivity index (χ1n) is 7.46. The highest BCUT2D eigenvalue weighted by Gasteiger charge is 2.29. The molecule has 6 nitrogen and oxygen atoms in total. The summed E-state index contributed by atoms with van der Waals surface area (Å²) in [6, 6.07) is 4.48. The molecule has 3 N–H and O–H groups in total. The lowest BCUT2D eigenvalue weighted by Gasteiger charge is -2.31. The van der Waals surface area contributed by atoms with Crippen LogP contribution in [0.5, 0.6) is 11.5 Å². The van der Waals surface area contributed by atoms with Gasteiger partial charge in [-0.1, -0.05) is 12.8 Å². The molecule has 1 aromatic carbocycles. The SMILES string of the molecule is COc1ccc(S(=O)(=O)NC2CCCCC2CN)cc1OC. The lowest BCUT2D eigenvalue weighted by molar-refractivity contribution is 0.296. The van der Waals surface area contributed by atoms with E-state index in [9.17, 15) is 8.42 Å². The fourth-order valence-corrected chi connectivity index (χ4v) is 4.25. The Morgan fingerprint density at radius 3 is 2.50 bits per heavy atom. The van der Waals surface area contributed by atoms with E-state index in [2.05, 4.69) is 4.72 Å². The molecule has 1 fully saturated rings. The number of methoxy groups -OCH3 is 2. The van der Waals surface area contributed by atoms with Crippen LogP contribution in [0.4, 0.5) is 0 Å². The Morgan fingerprint density at radius 2 is 1.86 bits per heavy atom. The Labute approximate surface area is 132 Å². The maximum atomic E-state index is 12.6. The number of nitrogens with one attached hydrogen (secondary N) is 1. The zero-order chi connectivity index (χ0) is 16.2. The van der Waals surface area contributed by atoms with E-state index in [1.165, 1.54) is 26.4 Å². The van der Waals surface area contributed by atoms with Gasteiger partial charge >= 0.3 is 0 Å². The molecule has 0 aromatic heterocycles. The molecule has 1 aliphatic rings. The molecule has 0 aliphatic heterocycles. The molecule has 1 aromatic rings. The van der Waals surface area contributed by atoms with Gasteiger partial charge in [0.2, 0.25) is 10.0 Å². The second-order valence-corrected chi connectivity index (χ2v) is 7.24. The second kappa shape index (κ2) is 7.30. The van der Waals surface area contributed by atoms with E-state index in [0.29, 0.717) is 18.0 Å². The van der Waals surface area contributed by atoms with Gasteiger partial charge in [0, 0.05) is 12.1 Å². The molecule has 2 unspecified atom stereocenters. The van der Waals surface area contributed by atoms with Gasteiger partial charge in [-0.2, -0.15) is 0 Å². The van der Waals surface area contributed by atoms with Crippen LogP contribution in [0.15, 0.2) is 23.1 Å². The molecular formula is C15H24N2O4S. The van der Waals surface area contributed by atoms with E-state index < -0.39 is 10.0 Å². The van der Waals surface area contributed by atoms with E-state index >= 15 is 0 Å². The summed E-state index contributed by atoms with van der Waals surface area (Å²) in [5, 5.41) is 0. The van der Waals surface area contributed by atoms with Crippen molar-refractivity contribution in [2.75, 3.05) is 20.8 Å². The highest BCUT2D eigenvalue weighted by atomic mass is 32.2. The summed E-state index contributed by atoms with van der Waals surface area (Å²) in [7, 11) is -0.610. The Morgan fingerprint density at radius 1 is 1.18 bits per heavy atom. The third-order valence-corrected chi connectivity index (χ3v) is 5.67. The van der Waals surface area contributed by atoms with Crippen LogP contribution in [0.3, 0.4) is 0 Å². The van der Waals surface area contributed by atoms with Gasteiger partial charge in [0.15, 0.2) is 11.5 Å². The first-order chi connectivity index (χ1) is 10.5. The number of benzene rings is 1. The van der Waals surface area contributed by atoms with Gasteiger partial charge in [-0.25, -0.2) is 13.1 Å². The molecular weight excluding hydrogens is 304 g/mol. The molecule has 2 atom stereocenters. The van der Waals surface area contributed by atoms with Crippen molar-refractivity contribution >= 4 is 10.0 Å². The summed E-state index contributed by atoms with van der Waals surface area (Å²) in [6.45, 7) is 0.499. The number of ether oxygens (including phenoxy) is 2. The number of hydrogen-bond donors (Lipinski definition) is 2. The van der Waals surface area contributed by atoms with Crippen molar-refractivity contribution in [2.24, 2.45) is 11.7 Å². The third-order valence-electron chi connectivity index (χ3n) is 4.18. The van der Waals surface area contributed by atoms with Crippen molar-refractivity contribution < 1.29 is 17.9 Å². The Bertz CT molecular complexity index is 604. The van der Waals surface area contributed by atoms with Gasteiger partial charge in [0.05, 0.1) is 19.1 Å². The molecule has 0 spiro atoms. The zero-order valence-electron chi connectivity index (χ0n) is 13.0. The molecule has 0 bridgehead atoms. The maximum Gasteiger partial charge on any atom is 0.240 e. The Balaban J connectivity index is 2.22. The summed E-state index contributed by atoms with van der Waals surface area (Å²) < 4.78 is 38.3. The fraction of sp³-hybridized carbons (Fsp3) is 0.600.